The molecule has 0 saturated carbocycles. The van der Waals surface area contributed by atoms with Crippen LogP contribution in [0.4, 0.5) is 11.4 Å². The average Bonchev–Trinajstić information content (AvgIpc) is 2.23. The zero-order valence-electron chi connectivity index (χ0n) is 10.5. The molecule has 1 amide bonds. The summed E-state index contributed by atoms with van der Waals surface area (Å²) < 4.78 is 0. The van der Waals surface area contributed by atoms with Crippen LogP contribution < -0.4 is 11.1 Å². The summed E-state index contributed by atoms with van der Waals surface area (Å²) in [4.78, 5) is 13.7. The number of carbonyl (C=O) groups is 1. The molecular formula is C12H17Cl2N3O. The monoisotopic (exact) mass is 289 g/mol. The van der Waals surface area contributed by atoms with Crippen LogP contribution in [-0.4, -0.2) is 30.9 Å². The second-order valence-electron chi connectivity index (χ2n) is 4.15. The first kappa shape index (κ1) is 15.1. The highest BCUT2D eigenvalue weighted by Crippen LogP contribution is 2.32. The van der Waals surface area contributed by atoms with Gasteiger partial charge in [-0.3, -0.25) is 9.69 Å². The molecule has 0 radical (unpaired) electrons. The van der Waals surface area contributed by atoms with Crippen LogP contribution in [0.3, 0.4) is 0 Å². The standard InChI is InChI=1S/C12H17Cl2N3O/c1-3-4-17(2)7-11(18)16-12-9(13)5-8(15)6-10(12)14/h5-6H,3-4,7,15H2,1-2H3,(H,16,18). The number of hydrogen-bond donors (Lipinski definition) is 2. The van der Waals surface area contributed by atoms with Gasteiger partial charge in [0.15, 0.2) is 0 Å². The largest absolute Gasteiger partial charge is 0.399 e. The molecular weight excluding hydrogens is 273 g/mol. The van der Waals surface area contributed by atoms with Crippen molar-refractivity contribution in [3.63, 3.8) is 0 Å². The molecule has 4 nitrogen and oxygen atoms in total. The Bertz CT molecular complexity index is 414. The maximum Gasteiger partial charge on any atom is 0.238 e. The molecule has 0 aliphatic rings. The molecule has 0 atom stereocenters. The van der Waals surface area contributed by atoms with Crippen molar-refractivity contribution in [2.75, 3.05) is 31.2 Å². The Morgan fingerprint density at radius 2 is 1.94 bits per heavy atom. The van der Waals surface area contributed by atoms with Gasteiger partial charge < -0.3 is 11.1 Å². The smallest absolute Gasteiger partial charge is 0.238 e. The number of carbonyl (C=O) groups excluding carboxylic acids is 1. The predicted molar refractivity (Wildman–Crippen MR) is 77.3 cm³/mol. The first-order chi connectivity index (χ1) is 8.43. The number of benzene rings is 1. The number of nitrogens with one attached hydrogen (secondary N) is 1. The Kier molecular flexibility index (Phi) is 5.72. The fourth-order valence-electron chi connectivity index (χ4n) is 1.60. The highest BCUT2D eigenvalue weighted by atomic mass is 35.5. The summed E-state index contributed by atoms with van der Waals surface area (Å²) in [7, 11) is 1.88. The number of rotatable bonds is 5. The van der Waals surface area contributed by atoms with Crippen molar-refractivity contribution < 1.29 is 4.79 Å². The number of nitrogen functional groups attached to an aromatic ring is 1. The summed E-state index contributed by atoms with van der Waals surface area (Å²) >= 11 is 12.0. The molecule has 0 unspecified atom stereocenters. The van der Waals surface area contributed by atoms with Crippen molar-refractivity contribution in [3.05, 3.63) is 22.2 Å². The zero-order valence-corrected chi connectivity index (χ0v) is 12.0. The van der Waals surface area contributed by atoms with Gasteiger partial charge >= 0.3 is 0 Å². The van der Waals surface area contributed by atoms with Crippen LogP contribution in [0.15, 0.2) is 12.1 Å². The van der Waals surface area contributed by atoms with Gasteiger partial charge in [-0.15, -0.1) is 0 Å². The van der Waals surface area contributed by atoms with Crippen LogP contribution in [-0.2, 0) is 4.79 Å². The SMILES string of the molecule is CCCN(C)CC(=O)Nc1c(Cl)cc(N)cc1Cl. The molecule has 0 aromatic heterocycles. The summed E-state index contributed by atoms with van der Waals surface area (Å²) in [6.45, 7) is 3.21. The van der Waals surface area contributed by atoms with Gasteiger partial charge in [0, 0.05) is 5.69 Å². The van der Waals surface area contributed by atoms with Crippen molar-refractivity contribution in [3.8, 4) is 0 Å². The molecule has 3 N–H and O–H groups in total. The summed E-state index contributed by atoms with van der Waals surface area (Å²) in [6.07, 6.45) is 0.993. The lowest BCUT2D eigenvalue weighted by Gasteiger charge is -2.16. The molecule has 1 aromatic carbocycles. The molecule has 0 aliphatic carbocycles. The van der Waals surface area contributed by atoms with E-state index in [1.807, 2.05) is 11.9 Å². The number of nitrogens with zero attached hydrogens (tertiary/aromatic N) is 1. The van der Waals surface area contributed by atoms with Crippen LogP contribution in [0, 0.1) is 0 Å². The molecule has 0 aliphatic heterocycles. The van der Waals surface area contributed by atoms with Gasteiger partial charge in [0.05, 0.1) is 22.3 Å². The fraction of sp³-hybridized carbons (Fsp3) is 0.417. The predicted octanol–water partition coefficient (Wildman–Crippen LogP) is 2.86. The minimum Gasteiger partial charge on any atom is -0.399 e. The van der Waals surface area contributed by atoms with E-state index in [2.05, 4.69) is 12.2 Å². The molecule has 1 aromatic rings. The van der Waals surface area contributed by atoms with Gasteiger partial charge in [0.25, 0.3) is 0 Å². The van der Waals surface area contributed by atoms with Gasteiger partial charge in [0.1, 0.15) is 0 Å². The molecule has 6 heteroatoms. The maximum absolute atomic E-state index is 11.8. The van der Waals surface area contributed by atoms with E-state index < -0.39 is 0 Å². The van der Waals surface area contributed by atoms with Crippen LogP contribution in [0.25, 0.3) is 0 Å². The third-order valence-electron chi connectivity index (χ3n) is 2.35. The zero-order chi connectivity index (χ0) is 13.7. The first-order valence-electron chi connectivity index (χ1n) is 5.67. The minimum atomic E-state index is -0.153. The number of halogens is 2. The van der Waals surface area contributed by atoms with Gasteiger partial charge in [-0.1, -0.05) is 30.1 Å². The molecule has 0 fully saturated rings. The van der Waals surface area contributed by atoms with Crippen LogP contribution in [0.5, 0.6) is 0 Å². The van der Waals surface area contributed by atoms with Gasteiger partial charge in [-0.2, -0.15) is 0 Å². The number of anilines is 2. The summed E-state index contributed by atoms with van der Waals surface area (Å²) in [5, 5.41) is 3.37. The van der Waals surface area contributed by atoms with Gasteiger partial charge in [0.2, 0.25) is 5.91 Å². The second-order valence-corrected chi connectivity index (χ2v) is 4.96. The Morgan fingerprint density at radius 1 is 1.39 bits per heavy atom. The summed E-state index contributed by atoms with van der Waals surface area (Å²) in [5.74, 6) is -0.153. The molecule has 18 heavy (non-hydrogen) atoms. The number of hydrogen-bond acceptors (Lipinski definition) is 3. The van der Waals surface area contributed by atoms with Crippen molar-refractivity contribution >= 4 is 40.5 Å². The van der Waals surface area contributed by atoms with Crippen molar-refractivity contribution in [2.45, 2.75) is 13.3 Å². The lowest BCUT2D eigenvalue weighted by atomic mass is 10.2. The highest BCUT2D eigenvalue weighted by Gasteiger charge is 2.12. The molecule has 1 rings (SSSR count). The lowest BCUT2D eigenvalue weighted by Crippen LogP contribution is -2.30. The van der Waals surface area contributed by atoms with E-state index in [-0.39, 0.29) is 5.91 Å². The van der Waals surface area contributed by atoms with Crippen molar-refractivity contribution in [1.82, 2.24) is 4.90 Å². The molecule has 100 valence electrons. The molecule has 0 bridgehead atoms. The first-order valence-corrected chi connectivity index (χ1v) is 6.42. The normalized spacial score (nSPS) is 10.7. The van der Waals surface area contributed by atoms with E-state index >= 15 is 0 Å². The second kappa shape index (κ2) is 6.83. The molecule has 0 spiro atoms. The highest BCUT2D eigenvalue weighted by molar-refractivity contribution is 6.40. The average molecular weight is 290 g/mol. The van der Waals surface area contributed by atoms with Gasteiger partial charge in [-0.25, -0.2) is 0 Å². The quantitative estimate of drug-likeness (QED) is 0.820. The fourth-order valence-corrected chi connectivity index (χ4v) is 2.20. The van der Waals surface area contributed by atoms with Crippen LogP contribution >= 0.6 is 23.2 Å². The topological polar surface area (TPSA) is 58.4 Å². The van der Waals surface area contributed by atoms with E-state index in [0.717, 1.165) is 13.0 Å². The number of nitrogens with two attached hydrogens (primary N) is 1. The van der Waals surface area contributed by atoms with Crippen LogP contribution in [0.1, 0.15) is 13.3 Å². The van der Waals surface area contributed by atoms with E-state index in [0.29, 0.717) is 28.0 Å². The third kappa shape index (κ3) is 4.37. The van der Waals surface area contributed by atoms with E-state index in [9.17, 15) is 4.79 Å². The molecule has 0 saturated heterocycles. The molecule has 0 heterocycles. The Hall–Kier alpha value is -0.970. The summed E-state index contributed by atoms with van der Waals surface area (Å²) in [6, 6.07) is 3.11. The maximum atomic E-state index is 11.8. The van der Waals surface area contributed by atoms with Crippen molar-refractivity contribution in [1.29, 1.82) is 0 Å². The van der Waals surface area contributed by atoms with Gasteiger partial charge in [-0.05, 0) is 32.1 Å². The summed E-state index contributed by atoms with van der Waals surface area (Å²) in [5.41, 5.74) is 6.46. The Morgan fingerprint density at radius 3 is 2.44 bits per heavy atom. The number of likely N-dealkylation sites (N-methyl/N-ethyl adjacent to an activating group) is 1. The third-order valence-corrected chi connectivity index (χ3v) is 2.94. The van der Waals surface area contributed by atoms with Crippen LogP contribution in [0.2, 0.25) is 10.0 Å². The minimum absolute atomic E-state index is 0.153. The van der Waals surface area contributed by atoms with E-state index in [1.54, 1.807) is 12.1 Å². The lowest BCUT2D eigenvalue weighted by molar-refractivity contribution is -0.117. The van der Waals surface area contributed by atoms with E-state index in [4.69, 9.17) is 28.9 Å². The Labute approximate surface area is 117 Å². The van der Waals surface area contributed by atoms with E-state index in [1.165, 1.54) is 0 Å². The number of amides is 1. The van der Waals surface area contributed by atoms with Crippen molar-refractivity contribution in [2.24, 2.45) is 0 Å². The Balaban J connectivity index is 2.70.